The van der Waals surface area contributed by atoms with Crippen LogP contribution < -0.4 is 16.0 Å². The van der Waals surface area contributed by atoms with Gasteiger partial charge in [-0.1, -0.05) is 44.0 Å². The van der Waals surface area contributed by atoms with Crippen LogP contribution >= 0.6 is 44.1 Å². The molecule has 0 bridgehead atoms. The second-order valence-electron chi connectivity index (χ2n) is 5.58. The minimum atomic E-state index is -0.308. The summed E-state index contributed by atoms with van der Waals surface area (Å²) in [7, 11) is 0. The Hall–Kier alpha value is -1.70. The lowest BCUT2D eigenvalue weighted by Gasteiger charge is -2.30. The Morgan fingerprint density at radius 3 is 2.20 bits per heavy atom. The van der Waals surface area contributed by atoms with Crippen molar-refractivity contribution < 1.29 is 4.79 Å². The van der Waals surface area contributed by atoms with Crippen molar-refractivity contribution >= 4 is 60.8 Å². The Morgan fingerprint density at radius 1 is 1.04 bits per heavy atom. The van der Waals surface area contributed by atoms with Crippen molar-refractivity contribution in [2.24, 2.45) is 0 Å². The van der Waals surface area contributed by atoms with Gasteiger partial charge in [-0.05, 0) is 61.1 Å². The summed E-state index contributed by atoms with van der Waals surface area (Å²) in [5.41, 5.74) is 3.05. The highest BCUT2D eigenvalue weighted by Crippen LogP contribution is 2.29. The van der Waals surface area contributed by atoms with Gasteiger partial charge in [-0.25, -0.2) is 0 Å². The van der Waals surface area contributed by atoms with Crippen molar-refractivity contribution in [3.05, 3.63) is 74.3 Å². The van der Waals surface area contributed by atoms with Gasteiger partial charge in [0.05, 0.1) is 11.6 Å². The monoisotopic (exact) mass is 479 g/mol. The van der Waals surface area contributed by atoms with E-state index < -0.39 is 0 Å². The van der Waals surface area contributed by atoms with Gasteiger partial charge < -0.3 is 16.0 Å². The van der Waals surface area contributed by atoms with Crippen LogP contribution in [0.5, 0.6) is 0 Å². The molecule has 1 amide bonds. The number of amides is 1. The number of benzene rings is 2. The standard InChI is InChI=1S/C18H15Br2N3OS/c1-10-15(17(24)22-14-8-6-13(20)7-9-14)16(23-18(25)21-10)11-2-4-12(19)5-3-11/h2-9,16H,1H3,(H,22,24)(H2,21,23,25). The van der Waals surface area contributed by atoms with Gasteiger partial charge in [0.25, 0.3) is 5.91 Å². The minimum absolute atomic E-state index is 0.171. The van der Waals surface area contributed by atoms with E-state index in [2.05, 4.69) is 47.8 Å². The van der Waals surface area contributed by atoms with E-state index in [1.54, 1.807) is 0 Å². The fraction of sp³-hybridized carbons (Fsp3) is 0.111. The topological polar surface area (TPSA) is 53.2 Å². The number of halogens is 2. The normalized spacial score (nSPS) is 16.9. The number of allylic oxidation sites excluding steroid dienone is 1. The SMILES string of the molecule is CC1=C(C(=O)Nc2ccc(Br)cc2)C(c2ccc(Br)cc2)NC(=S)N1. The summed E-state index contributed by atoms with van der Waals surface area (Å²) in [5.74, 6) is -0.171. The number of thiocarbonyl (C=S) groups is 1. The van der Waals surface area contributed by atoms with Crippen molar-refractivity contribution in [3.8, 4) is 0 Å². The third-order valence-corrected chi connectivity index (χ3v) is 5.10. The van der Waals surface area contributed by atoms with E-state index in [1.807, 2.05) is 55.5 Å². The second-order valence-corrected chi connectivity index (χ2v) is 7.82. The van der Waals surface area contributed by atoms with Crippen molar-refractivity contribution in [1.82, 2.24) is 10.6 Å². The zero-order valence-electron chi connectivity index (χ0n) is 13.3. The Balaban J connectivity index is 1.92. The van der Waals surface area contributed by atoms with Gasteiger partial charge >= 0.3 is 0 Å². The van der Waals surface area contributed by atoms with Crippen LogP contribution in [-0.4, -0.2) is 11.0 Å². The highest BCUT2D eigenvalue weighted by atomic mass is 79.9. The van der Waals surface area contributed by atoms with Crippen LogP contribution in [-0.2, 0) is 4.79 Å². The summed E-state index contributed by atoms with van der Waals surface area (Å²) < 4.78 is 1.94. The number of anilines is 1. The van der Waals surface area contributed by atoms with Gasteiger partial charge in [-0.3, -0.25) is 4.79 Å². The van der Waals surface area contributed by atoms with E-state index >= 15 is 0 Å². The molecule has 3 N–H and O–H groups in total. The molecule has 1 heterocycles. The first-order chi connectivity index (χ1) is 11.9. The van der Waals surface area contributed by atoms with E-state index in [0.29, 0.717) is 10.7 Å². The predicted octanol–water partition coefficient (Wildman–Crippen LogP) is 4.64. The Morgan fingerprint density at radius 2 is 1.60 bits per heavy atom. The fourth-order valence-corrected chi connectivity index (χ4v) is 3.43. The average Bonchev–Trinajstić information content (AvgIpc) is 2.57. The van der Waals surface area contributed by atoms with Crippen LogP contribution in [0.25, 0.3) is 0 Å². The molecule has 2 aromatic carbocycles. The quantitative estimate of drug-likeness (QED) is 0.560. The number of nitrogens with one attached hydrogen (secondary N) is 3. The number of rotatable bonds is 3. The van der Waals surface area contributed by atoms with Gasteiger partial charge in [-0.15, -0.1) is 0 Å². The maximum atomic E-state index is 12.9. The van der Waals surface area contributed by atoms with Gasteiger partial charge in [0.2, 0.25) is 0 Å². The summed E-state index contributed by atoms with van der Waals surface area (Å²) >= 11 is 12.1. The van der Waals surface area contributed by atoms with Crippen LogP contribution in [0.4, 0.5) is 5.69 Å². The molecule has 1 aliphatic rings. The maximum absolute atomic E-state index is 12.9. The maximum Gasteiger partial charge on any atom is 0.255 e. The molecule has 4 nitrogen and oxygen atoms in total. The molecule has 0 spiro atoms. The van der Waals surface area contributed by atoms with E-state index in [4.69, 9.17) is 12.2 Å². The smallest absolute Gasteiger partial charge is 0.255 e. The number of carbonyl (C=O) groups is 1. The highest BCUT2D eigenvalue weighted by molar-refractivity contribution is 9.10. The van der Waals surface area contributed by atoms with Crippen LogP contribution in [0.1, 0.15) is 18.5 Å². The third-order valence-electron chi connectivity index (χ3n) is 3.82. The molecule has 1 atom stereocenters. The average molecular weight is 481 g/mol. The first-order valence-electron chi connectivity index (χ1n) is 7.54. The lowest BCUT2D eigenvalue weighted by molar-refractivity contribution is -0.113. The number of carbonyl (C=O) groups excluding carboxylic acids is 1. The van der Waals surface area contributed by atoms with E-state index in [0.717, 1.165) is 25.9 Å². The molecular weight excluding hydrogens is 466 g/mol. The fourth-order valence-electron chi connectivity index (χ4n) is 2.63. The molecule has 3 rings (SSSR count). The van der Waals surface area contributed by atoms with Crippen LogP contribution in [0.3, 0.4) is 0 Å². The predicted molar refractivity (Wildman–Crippen MR) is 111 cm³/mol. The molecule has 2 aromatic rings. The highest BCUT2D eigenvalue weighted by Gasteiger charge is 2.29. The van der Waals surface area contributed by atoms with Gasteiger partial charge in [0.15, 0.2) is 5.11 Å². The molecule has 0 saturated carbocycles. The Labute approximate surface area is 168 Å². The largest absolute Gasteiger partial charge is 0.351 e. The van der Waals surface area contributed by atoms with E-state index in [9.17, 15) is 4.79 Å². The molecule has 128 valence electrons. The molecule has 25 heavy (non-hydrogen) atoms. The van der Waals surface area contributed by atoms with Crippen molar-refractivity contribution in [3.63, 3.8) is 0 Å². The minimum Gasteiger partial charge on any atom is -0.351 e. The van der Waals surface area contributed by atoms with Crippen LogP contribution in [0.2, 0.25) is 0 Å². The Bertz CT molecular complexity index is 848. The zero-order chi connectivity index (χ0) is 18.0. The van der Waals surface area contributed by atoms with Crippen LogP contribution in [0.15, 0.2) is 68.7 Å². The molecule has 0 radical (unpaired) electrons. The van der Waals surface area contributed by atoms with Crippen LogP contribution in [0, 0.1) is 0 Å². The second kappa shape index (κ2) is 7.68. The van der Waals surface area contributed by atoms with Gasteiger partial charge in [0, 0.05) is 20.3 Å². The molecular formula is C18H15Br2N3OS. The van der Waals surface area contributed by atoms with Gasteiger partial charge in [0.1, 0.15) is 0 Å². The molecule has 1 unspecified atom stereocenters. The molecule has 7 heteroatoms. The lowest BCUT2D eigenvalue weighted by atomic mass is 9.95. The molecule has 0 aromatic heterocycles. The van der Waals surface area contributed by atoms with Crippen molar-refractivity contribution in [2.45, 2.75) is 13.0 Å². The summed E-state index contributed by atoms with van der Waals surface area (Å²) in [5, 5.41) is 9.68. The van der Waals surface area contributed by atoms with Crippen molar-refractivity contribution in [2.75, 3.05) is 5.32 Å². The third kappa shape index (κ3) is 4.29. The van der Waals surface area contributed by atoms with Gasteiger partial charge in [-0.2, -0.15) is 0 Å². The Kier molecular flexibility index (Phi) is 5.56. The molecule has 0 fully saturated rings. The first-order valence-corrected chi connectivity index (χ1v) is 9.54. The summed E-state index contributed by atoms with van der Waals surface area (Å²) in [6.07, 6.45) is 0. The van der Waals surface area contributed by atoms with E-state index in [1.165, 1.54) is 0 Å². The lowest BCUT2D eigenvalue weighted by Crippen LogP contribution is -2.45. The molecule has 1 aliphatic heterocycles. The molecule has 0 saturated heterocycles. The van der Waals surface area contributed by atoms with E-state index in [-0.39, 0.29) is 11.9 Å². The summed E-state index contributed by atoms with van der Waals surface area (Å²) in [4.78, 5) is 12.9. The zero-order valence-corrected chi connectivity index (χ0v) is 17.3. The molecule has 0 aliphatic carbocycles. The summed E-state index contributed by atoms with van der Waals surface area (Å²) in [6, 6.07) is 15.0. The summed E-state index contributed by atoms with van der Waals surface area (Å²) in [6.45, 7) is 1.86. The van der Waals surface area contributed by atoms with Crippen molar-refractivity contribution in [1.29, 1.82) is 0 Å². The number of hydrogen-bond donors (Lipinski definition) is 3. The number of hydrogen-bond acceptors (Lipinski definition) is 2. The first kappa shape index (κ1) is 18.1.